The van der Waals surface area contributed by atoms with Gasteiger partial charge in [0.05, 0.1) is 29.3 Å². The van der Waals surface area contributed by atoms with E-state index in [9.17, 15) is 0 Å². The fourth-order valence-electron chi connectivity index (χ4n) is 2.47. The maximum atomic E-state index is 5.55. The molecule has 0 saturated carbocycles. The summed E-state index contributed by atoms with van der Waals surface area (Å²) in [6, 6.07) is 7.96. The van der Waals surface area contributed by atoms with Crippen LogP contribution in [0.15, 0.2) is 34.2 Å². The van der Waals surface area contributed by atoms with Crippen LogP contribution in [0.4, 0.5) is 0 Å². The molecule has 0 atom stereocenters. The molecule has 0 saturated heterocycles. The molecule has 0 fully saturated rings. The molecule has 2 N–H and O–H groups in total. The smallest absolute Gasteiger partial charge is 0.279 e. The Hall–Kier alpha value is -2.58. The van der Waals surface area contributed by atoms with Gasteiger partial charge in [0.2, 0.25) is 0 Å². The first kappa shape index (κ1) is 14.0. The van der Waals surface area contributed by atoms with Gasteiger partial charge in [0.25, 0.3) is 5.89 Å². The predicted octanol–water partition coefficient (Wildman–Crippen LogP) is 2.36. The first-order valence-electron chi connectivity index (χ1n) is 7.14. The Bertz CT molecular complexity index is 969. The minimum absolute atomic E-state index is 0.236. The highest BCUT2D eigenvalue weighted by Gasteiger charge is 2.18. The van der Waals surface area contributed by atoms with E-state index in [1.165, 1.54) is 0 Å². The number of para-hydroxylation sites is 1. The highest BCUT2D eigenvalue weighted by Crippen LogP contribution is 2.27. The summed E-state index contributed by atoms with van der Waals surface area (Å²) < 4.78 is 7.20. The molecule has 0 aliphatic carbocycles. The maximum Gasteiger partial charge on any atom is 0.279 e. The molecule has 0 spiro atoms. The number of rotatable bonds is 4. The molecule has 116 valence electrons. The largest absolute Gasteiger partial charge is 0.332 e. The number of fused-ring (bicyclic) bond motifs is 1. The second-order valence-corrected chi connectivity index (χ2v) is 6.16. The fraction of sp³-hybridized carbons (Fsp3) is 0.200. The topological polar surface area (TPSA) is 95.7 Å². The fourth-order valence-corrected chi connectivity index (χ4v) is 3.08. The Morgan fingerprint density at radius 2 is 2.13 bits per heavy atom. The number of hydrogen-bond acceptors (Lipinski definition) is 7. The summed E-state index contributed by atoms with van der Waals surface area (Å²) in [4.78, 5) is 8.78. The lowest BCUT2D eigenvalue weighted by atomic mass is 10.2. The number of aromatic nitrogens is 5. The molecule has 0 aliphatic rings. The maximum absolute atomic E-state index is 5.55. The molecule has 0 unspecified atom stereocenters. The van der Waals surface area contributed by atoms with Crippen molar-refractivity contribution in [1.82, 2.24) is 24.9 Å². The summed E-state index contributed by atoms with van der Waals surface area (Å²) in [6.45, 7) is 2.83. The third kappa shape index (κ3) is 2.51. The molecule has 23 heavy (non-hydrogen) atoms. The Kier molecular flexibility index (Phi) is 3.40. The standard InChI is InChI=1S/C15H14N6OS/c1-9-17-10(8-23-9)7-21-12-5-3-2-4-11(12)14(19-21)15-18-13(6-16)20-22-15/h2-5,8H,6-7,16H2,1H3. The number of benzene rings is 1. The minimum atomic E-state index is 0.236. The van der Waals surface area contributed by atoms with Crippen molar-refractivity contribution in [2.75, 3.05) is 0 Å². The Balaban J connectivity index is 1.82. The van der Waals surface area contributed by atoms with Crippen LogP contribution in [0.2, 0.25) is 0 Å². The summed E-state index contributed by atoms with van der Waals surface area (Å²) >= 11 is 1.63. The van der Waals surface area contributed by atoms with E-state index < -0.39 is 0 Å². The van der Waals surface area contributed by atoms with E-state index in [0.29, 0.717) is 24.0 Å². The van der Waals surface area contributed by atoms with Gasteiger partial charge in [-0.1, -0.05) is 23.4 Å². The van der Waals surface area contributed by atoms with Crippen molar-refractivity contribution in [2.24, 2.45) is 5.73 Å². The SMILES string of the molecule is Cc1nc(Cn2nc(-c3nc(CN)no3)c3ccccc32)cs1. The van der Waals surface area contributed by atoms with Crippen LogP contribution in [0.3, 0.4) is 0 Å². The summed E-state index contributed by atoms with van der Waals surface area (Å²) in [5.41, 5.74) is 8.20. The number of aryl methyl sites for hydroxylation is 1. The van der Waals surface area contributed by atoms with E-state index in [-0.39, 0.29) is 6.54 Å². The minimum Gasteiger partial charge on any atom is -0.332 e. The van der Waals surface area contributed by atoms with Crippen molar-refractivity contribution in [1.29, 1.82) is 0 Å². The molecule has 4 rings (SSSR count). The van der Waals surface area contributed by atoms with Crippen molar-refractivity contribution in [3.8, 4) is 11.6 Å². The Morgan fingerprint density at radius 3 is 2.87 bits per heavy atom. The number of nitrogens with zero attached hydrogens (tertiary/aromatic N) is 5. The van der Waals surface area contributed by atoms with E-state index in [1.807, 2.05) is 41.3 Å². The van der Waals surface area contributed by atoms with Gasteiger partial charge in [0, 0.05) is 10.8 Å². The second-order valence-electron chi connectivity index (χ2n) is 5.10. The van der Waals surface area contributed by atoms with Crippen LogP contribution < -0.4 is 5.73 Å². The summed E-state index contributed by atoms with van der Waals surface area (Å²) in [5, 5.41) is 12.6. The molecule has 0 amide bonds. The Labute approximate surface area is 135 Å². The van der Waals surface area contributed by atoms with E-state index in [0.717, 1.165) is 21.6 Å². The van der Waals surface area contributed by atoms with Crippen molar-refractivity contribution in [3.63, 3.8) is 0 Å². The zero-order valence-corrected chi connectivity index (χ0v) is 13.2. The molecular formula is C15H14N6OS. The molecule has 1 aromatic carbocycles. The normalized spacial score (nSPS) is 11.4. The average Bonchev–Trinajstić information content (AvgIpc) is 3.27. The summed E-state index contributed by atoms with van der Waals surface area (Å²) in [6.07, 6.45) is 0. The van der Waals surface area contributed by atoms with Crippen molar-refractivity contribution in [2.45, 2.75) is 20.0 Å². The molecule has 4 aromatic rings. The van der Waals surface area contributed by atoms with Crippen LogP contribution >= 0.6 is 11.3 Å². The van der Waals surface area contributed by atoms with E-state index in [1.54, 1.807) is 11.3 Å². The van der Waals surface area contributed by atoms with Crippen LogP contribution in [0, 0.1) is 6.92 Å². The zero-order valence-electron chi connectivity index (χ0n) is 12.4. The molecule has 0 bridgehead atoms. The summed E-state index contributed by atoms with van der Waals surface area (Å²) in [5.74, 6) is 0.851. The van der Waals surface area contributed by atoms with E-state index >= 15 is 0 Å². The molecule has 8 heteroatoms. The molecular weight excluding hydrogens is 312 g/mol. The van der Waals surface area contributed by atoms with Crippen molar-refractivity contribution < 1.29 is 4.52 Å². The van der Waals surface area contributed by atoms with E-state index in [4.69, 9.17) is 10.3 Å². The highest BCUT2D eigenvalue weighted by molar-refractivity contribution is 7.09. The zero-order chi connectivity index (χ0) is 15.8. The lowest BCUT2D eigenvalue weighted by Gasteiger charge is -1.99. The summed E-state index contributed by atoms with van der Waals surface area (Å²) in [7, 11) is 0. The van der Waals surface area contributed by atoms with Crippen LogP contribution in [-0.4, -0.2) is 24.9 Å². The van der Waals surface area contributed by atoms with Crippen LogP contribution in [-0.2, 0) is 13.1 Å². The van der Waals surface area contributed by atoms with Gasteiger partial charge in [0.15, 0.2) is 11.5 Å². The van der Waals surface area contributed by atoms with Gasteiger partial charge in [-0.15, -0.1) is 11.3 Å². The molecule has 0 aliphatic heterocycles. The Morgan fingerprint density at radius 1 is 1.26 bits per heavy atom. The first-order valence-corrected chi connectivity index (χ1v) is 8.02. The molecule has 3 heterocycles. The van der Waals surface area contributed by atoms with Crippen molar-refractivity contribution >= 4 is 22.2 Å². The average molecular weight is 326 g/mol. The third-order valence-electron chi connectivity index (χ3n) is 3.49. The van der Waals surface area contributed by atoms with Gasteiger partial charge in [0.1, 0.15) is 0 Å². The highest BCUT2D eigenvalue weighted by atomic mass is 32.1. The number of hydrogen-bond donors (Lipinski definition) is 1. The second kappa shape index (κ2) is 5.56. The van der Waals surface area contributed by atoms with Gasteiger partial charge in [-0.2, -0.15) is 10.1 Å². The van der Waals surface area contributed by atoms with E-state index in [2.05, 4.69) is 20.2 Å². The van der Waals surface area contributed by atoms with Gasteiger partial charge >= 0.3 is 0 Å². The lowest BCUT2D eigenvalue weighted by molar-refractivity contribution is 0.421. The van der Waals surface area contributed by atoms with Crippen molar-refractivity contribution in [3.05, 3.63) is 46.2 Å². The molecule has 7 nitrogen and oxygen atoms in total. The lowest BCUT2D eigenvalue weighted by Crippen LogP contribution is -2.02. The number of thiazole rings is 1. The van der Waals surface area contributed by atoms with Gasteiger partial charge in [-0.25, -0.2) is 4.98 Å². The van der Waals surface area contributed by atoms with Crippen LogP contribution in [0.5, 0.6) is 0 Å². The molecule has 0 radical (unpaired) electrons. The third-order valence-corrected chi connectivity index (χ3v) is 4.31. The quantitative estimate of drug-likeness (QED) is 0.618. The predicted molar refractivity (Wildman–Crippen MR) is 86.9 cm³/mol. The molecule has 3 aromatic heterocycles. The van der Waals surface area contributed by atoms with Gasteiger partial charge < -0.3 is 10.3 Å². The van der Waals surface area contributed by atoms with Crippen LogP contribution in [0.1, 0.15) is 16.5 Å². The van der Waals surface area contributed by atoms with Crippen LogP contribution in [0.25, 0.3) is 22.5 Å². The first-order chi connectivity index (χ1) is 11.2. The monoisotopic (exact) mass is 326 g/mol. The van der Waals surface area contributed by atoms with Gasteiger partial charge in [-0.05, 0) is 13.0 Å². The number of nitrogens with two attached hydrogens (primary N) is 1. The van der Waals surface area contributed by atoms with Gasteiger partial charge in [-0.3, -0.25) is 4.68 Å².